The van der Waals surface area contributed by atoms with Gasteiger partial charge in [-0.15, -0.1) is 0 Å². The summed E-state index contributed by atoms with van der Waals surface area (Å²) in [5.74, 6) is 1.51. The maximum absolute atomic E-state index is 11.3. The van der Waals surface area contributed by atoms with Gasteiger partial charge in [-0.05, 0) is 75.0 Å². The van der Waals surface area contributed by atoms with E-state index in [-0.39, 0.29) is 5.78 Å². The van der Waals surface area contributed by atoms with E-state index in [0.29, 0.717) is 30.4 Å². The molecule has 0 radical (unpaired) electrons. The van der Waals surface area contributed by atoms with Gasteiger partial charge in [-0.25, -0.2) is 0 Å². The van der Waals surface area contributed by atoms with Crippen molar-refractivity contribution in [2.45, 2.75) is 27.3 Å². The van der Waals surface area contributed by atoms with Gasteiger partial charge in [0.25, 0.3) is 0 Å². The first-order valence-electron chi connectivity index (χ1n) is 8.57. The molecule has 0 aromatic heterocycles. The molecule has 0 bridgehead atoms. The Kier molecular flexibility index (Phi) is 7.41. The predicted molar refractivity (Wildman–Crippen MR) is 108 cm³/mol. The van der Waals surface area contributed by atoms with Gasteiger partial charge in [0.1, 0.15) is 0 Å². The third-order valence-corrected chi connectivity index (χ3v) is 3.86. The molecule has 0 aliphatic rings. The number of rotatable bonds is 8. The van der Waals surface area contributed by atoms with Crippen LogP contribution in [0, 0.1) is 0 Å². The maximum Gasteiger partial charge on any atom is 0.171 e. The number of carbonyl (C=O) groups is 1. The van der Waals surface area contributed by atoms with Crippen LogP contribution in [-0.2, 0) is 6.54 Å². The molecule has 0 fully saturated rings. The van der Waals surface area contributed by atoms with Crippen LogP contribution < -0.4 is 20.1 Å². The van der Waals surface area contributed by atoms with E-state index in [9.17, 15) is 4.79 Å². The van der Waals surface area contributed by atoms with E-state index in [2.05, 4.69) is 10.6 Å². The molecule has 0 saturated heterocycles. The van der Waals surface area contributed by atoms with Crippen LogP contribution in [0.15, 0.2) is 42.5 Å². The van der Waals surface area contributed by atoms with Crippen molar-refractivity contribution in [2.24, 2.45) is 0 Å². The SMILES string of the molecule is CCOc1ccc(CNC(=S)Nc2ccc(C(C)=O)cc2)cc1OCC. The van der Waals surface area contributed by atoms with E-state index in [1.54, 1.807) is 19.1 Å². The molecule has 2 aromatic rings. The largest absolute Gasteiger partial charge is 0.490 e. The molecule has 138 valence electrons. The molecule has 0 saturated carbocycles. The lowest BCUT2D eigenvalue weighted by Crippen LogP contribution is -2.27. The van der Waals surface area contributed by atoms with Gasteiger partial charge in [-0.3, -0.25) is 4.79 Å². The Morgan fingerprint density at radius 2 is 1.65 bits per heavy atom. The molecule has 2 N–H and O–H groups in total. The molecule has 6 heteroatoms. The Morgan fingerprint density at radius 1 is 1.00 bits per heavy atom. The summed E-state index contributed by atoms with van der Waals surface area (Å²) in [6.07, 6.45) is 0. The first kappa shape index (κ1) is 19.7. The van der Waals surface area contributed by atoms with Crippen LogP contribution in [-0.4, -0.2) is 24.1 Å². The number of hydrogen-bond acceptors (Lipinski definition) is 4. The van der Waals surface area contributed by atoms with E-state index < -0.39 is 0 Å². The highest BCUT2D eigenvalue weighted by Gasteiger charge is 2.07. The standard InChI is InChI=1S/C20H24N2O3S/c1-4-24-18-11-6-15(12-19(18)25-5-2)13-21-20(26)22-17-9-7-16(8-10-17)14(3)23/h6-12H,4-5,13H2,1-3H3,(H2,21,22,26). The average Bonchev–Trinajstić information content (AvgIpc) is 2.62. The summed E-state index contributed by atoms with van der Waals surface area (Å²) < 4.78 is 11.2. The van der Waals surface area contributed by atoms with Crippen molar-refractivity contribution in [3.05, 3.63) is 53.6 Å². The number of ether oxygens (including phenoxy) is 2. The minimum absolute atomic E-state index is 0.0397. The molecule has 0 aliphatic carbocycles. The molecule has 2 rings (SSSR count). The van der Waals surface area contributed by atoms with Crippen molar-refractivity contribution in [1.29, 1.82) is 0 Å². The maximum atomic E-state index is 11.3. The monoisotopic (exact) mass is 372 g/mol. The third-order valence-electron chi connectivity index (χ3n) is 3.61. The Labute approximate surface area is 159 Å². The molecule has 0 heterocycles. The Morgan fingerprint density at radius 3 is 2.27 bits per heavy atom. The summed E-state index contributed by atoms with van der Waals surface area (Å²) in [4.78, 5) is 11.3. The van der Waals surface area contributed by atoms with Crippen LogP contribution in [0.25, 0.3) is 0 Å². The van der Waals surface area contributed by atoms with Crippen molar-refractivity contribution in [3.8, 4) is 11.5 Å². The zero-order valence-electron chi connectivity index (χ0n) is 15.3. The van der Waals surface area contributed by atoms with Gasteiger partial charge < -0.3 is 20.1 Å². The zero-order chi connectivity index (χ0) is 18.9. The molecule has 5 nitrogen and oxygen atoms in total. The van der Waals surface area contributed by atoms with E-state index in [0.717, 1.165) is 22.7 Å². The fourth-order valence-corrected chi connectivity index (χ4v) is 2.54. The molecule has 2 aromatic carbocycles. The van der Waals surface area contributed by atoms with Gasteiger partial charge in [0.15, 0.2) is 22.4 Å². The van der Waals surface area contributed by atoms with Crippen molar-refractivity contribution >= 4 is 28.8 Å². The summed E-state index contributed by atoms with van der Waals surface area (Å²) in [5.41, 5.74) is 2.54. The third kappa shape index (κ3) is 5.74. The van der Waals surface area contributed by atoms with Crippen molar-refractivity contribution in [3.63, 3.8) is 0 Å². The van der Waals surface area contributed by atoms with Crippen LogP contribution in [0.2, 0.25) is 0 Å². The normalized spacial score (nSPS) is 10.1. The number of anilines is 1. The van der Waals surface area contributed by atoms with Gasteiger partial charge in [-0.1, -0.05) is 6.07 Å². The number of nitrogens with one attached hydrogen (secondary N) is 2. The molecule has 0 spiro atoms. The van der Waals surface area contributed by atoms with Crippen molar-refractivity contribution in [2.75, 3.05) is 18.5 Å². The lowest BCUT2D eigenvalue weighted by Gasteiger charge is -2.14. The highest BCUT2D eigenvalue weighted by Crippen LogP contribution is 2.28. The predicted octanol–water partition coefficient (Wildman–Crippen LogP) is 4.17. The molecule has 0 atom stereocenters. The van der Waals surface area contributed by atoms with Gasteiger partial charge in [0.05, 0.1) is 13.2 Å². The summed E-state index contributed by atoms with van der Waals surface area (Å²) in [7, 11) is 0. The minimum atomic E-state index is 0.0397. The number of hydrogen-bond donors (Lipinski definition) is 2. The van der Waals surface area contributed by atoms with Crippen molar-refractivity contribution < 1.29 is 14.3 Å². The van der Waals surface area contributed by atoms with Crippen molar-refractivity contribution in [1.82, 2.24) is 5.32 Å². The summed E-state index contributed by atoms with van der Waals surface area (Å²) >= 11 is 5.33. The lowest BCUT2D eigenvalue weighted by atomic mass is 10.1. The fourth-order valence-electron chi connectivity index (χ4n) is 2.35. The average molecular weight is 372 g/mol. The highest BCUT2D eigenvalue weighted by molar-refractivity contribution is 7.80. The number of benzene rings is 2. The fraction of sp³-hybridized carbons (Fsp3) is 0.300. The van der Waals surface area contributed by atoms with Gasteiger partial charge in [0.2, 0.25) is 0 Å². The summed E-state index contributed by atoms with van der Waals surface area (Å²) in [6, 6.07) is 13.0. The zero-order valence-corrected chi connectivity index (χ0v) is 16.1. The van der Waals surface area contributed by atoms with Gasteiger partial charge >= 0.3 is 0 Å². The second kappa shape index (κ2) is 9.77. The number of carbonyl (C=O) groups excluding carboxylic acids is 1. The second-order valence-corrected chi connectivity index (χ2v) is 6.00. The smallest absolute Gasteiger partial charge is 0.171 e. The topological polar surface area (TPSA) is 59.6 Å². The first-order chi connectivity index (χ1) is 12.5. The van der Waals surface area contributed by atoms with Gasteiger partial charge in [0, 0.05) is 17.8 Å². The molecule has 26 heavy (non-hydrogen) atoms. The van der Waals surface area contributed by atoms with E-state index >= 15 is 0 Å². The van der Waals surface area contributed by atoms with Crippen LogP contribution >= 0.6 is 12.2 Å². The molecular formula is C20H24N2O3S. The van der Waals surface area contributed by atoms with Crippen LogP contribution in [0.5, 0.6) is 11.5 Å². The van der Waals surface area contributed by atoms with Crippen LogP contribution in [0.1, 0.15) is 36.7 Å². The van der Waals surface area contributed by atoms with E-state index in [4.69, 9.17) is 21.7 Å². The summed E-state index contributed by atoms with van der Waals surface area (Å²) in [6.45, 7) is 7.16. The minimum Gasteiger partial charge on any atom is -0.490 e. The molecule has 0 aliphatic heterocycles. The van der Waals surface area contributed by atoms with Crippen LogP contribution in [0.3, 0.4) is 0 Å². The first-order valence-corrected chi connectivity index (χ1v) is 8.98. The second-order valence-electron chi connectivity index (χ2n) is 5.59. The number of Topliss-reactive ketones (excluding diaryl/α,β-unsaturated/α-hetero) is 1. The van der Waals surface area contributed by atoms with E-state index in [1.807, 2.05) is 44.2 Å². The molecule has 0 unspecified atom stereocenters. The Balaban J connectivity index is 1.93. The molecular weight excluding hydrogens is 348 g/mol. The van der Waals surface area contributed by atoms with E-state index in [1.165, 1.54) is 0 Å². The van der Waals surface area contributed by atoms with Gasteiger partial charge in [-0.2, -0.15) is 0 Å². The number of ketones is 1. The Hall–Kier alpha value is -2.60. The summed E-state index contributed by atoms with van der Waals surface area (Å²) in [5, 5.41) is 6.77. The van der Waals surface area contributed by atoms with Crippen LogP contribution in [0.4, 0.5) is 5.69 Å². The number of thiocarbonyl (C=S) groups is 1. The quantitative estimate of drug-likeness (QED) is 0.536. The highest BCUT2D eigenvalue weighted by atomic mass is 32.1. The molecule has 0 amide bonds. The lowest BCUT2D eigenvalue weighted by molar-refractivity contribution is 0.101. The Bertz CT molecular complexity index is 760.